The van der Waals surface area contributed by atoms with E-state index in [1.54, 1.807) is 10.6 Å². The van der Waals surface area contributed by atoms with Crippen LogP contribution in [0.3, 0.4) is 0 Å². The van der Waals surface area contributed by atoms with Crippen LogP contribution in [0.5, 0.6) is 0 Å². The average molecular weight is 399 g/mol. The van der Waals surface area contributed by atoms with E-state index in [4.69, 9.17) is 11.6 Å². The van der Waals surface area contributed by atoms with Gasteiger partial charge in [0.25, 0.3) is 10.0 Å². The first kappa shape index (κ1) is 16.7. The molecule has 8 nitrogen and oxygen atoms in total. The molecule has 0 saturated carbocycles. The summed E-state index contributed by atoms with van der Waals surface area (Å²) in [6.07, 6.45) is 2.30. The lowest BCUT2D eigenvalue weighted by atomic mass is 10.4. The minimum atomic E-state index is -3.65. The molecule has 1 N–H and O–H groups in total. The van der Waals surface area contributed by atoms with Gasteiger partial charge in [-0.3, -0.25) is 0 Å². The van der Waals surface area contributed by atoms with Gasteiger partial charge in [0.1, 0.15) is 10.0 Å². The van der Waals surface area contributed by atoms with E-state index in [2.05, 4.69) is 24.9 Å². The maximum atomic E-state index is 12.3. The molecule has 0 unspecified atom stereocenters. The molecule has 11 heteroatoms. The van der Waals surface area contributed by atoms with Crippen LogP contribution in [0.2, 0.25) is 4.34 Å². The Labute approximate surface area is 153 Å². The third kappa shape index (κ3) is 3.34. The second-order valence-electron chi connectivity index (χ2n) is 5.66. The zero-order chi connectivity index (χ0) is 17.4. The molecule has 4 heterocycles. The summed E-state index contributed by atoms with van der Waals surface area (Å²) in [7, 11) is -3.65. The standard InChI is InChI=1S/C14H15ClN6O2S2/c15-10-3-6-14(24-10)25(22,23)16-9-13-18-17-11-4-5-12(19-21(11)13)20-7-1-2-8-20/h3-6,16H,1-2,7-9H2. The highest BCUT2D eigenvalue weighted by Gasteiger charge is 2.19. The van der Waals surface area contributed by atoms with Crippen LogP contribution >= 0.6 is 22.9 Å². The van der Waals surface area contributed by atoms with Crippen LogP contribution in [-0.4, -0.2) is 41.3 Å². The van der Waals surface area contributed by atoms with Gasteiger partial charge >= 0.3 is 0 Å². The highest BCUT2D eigenvalue weighted by molar-refractivity contribution is 7.91. The molecule has 1 saturated heterocycles. The molecule has 0 spiro atoms. The van der Waals surface area contributed by atoms with Gasteiger partial charge in [0.2, 0.25) is 0 Å². The van der Waals surface area contributed by atoms with E-state index in [9.17, 15) is 8.42 Å². The zero-order valence-electron chi connectivity index (χ0n) is 13.1. The molecule has 0 amide bonds. The lowest BCUT2D eigenvalue weighted by Gasteiger charge is -2.15. The minimum Gasteiger partial charge on any atom is -0.355 e. The third-order valence-corrected chi connectivity index (χ3v) is 7.10. The van der Waals surface area contributed by atoms with Crippen molar-refractivity contribution in [1.82, 2.24) is 24.5 Å². The molecule has 1 aliphatic rings. The van der Waals surface area contributed by atoms with Crippen molar-refractivity contribution in [2.75, 3.05) is 18.0 Å². The van der Waals surface area contributed by atoms with E-state index in [0.717, 1.165) is 43.1 Å². The molecule has 0 bridgehead atoms. The fraction of sp³-hybridized carbons (Fsp3) is 0.357. The van der Waals surface area contributed by atoms with Crippen molar-refractivity contribution in [3.05, 3.63) is 34.4 Å². The van der Waals surface area contributed by atoms with Gasteiger partial charge in [0.15, 0.2) is 11.5 Å². The molecule has 4 rings (SSSR count). The number of fused-ring (bicyclic) bond motifs is 1. The van der Waals surface area contributed by atoms with Crippen LogP contribution in [0.15, 0.2) is 28.5 Å². The van der Waals surface area contributed by atoms with Gasteiger partial charge in [-0.2, -0.15) is 4.52 Å². The van der Waals surface area contributed by atoms with Crippen molar-refractivity contribution in [1.29, 1.82) is 0 Å². The first-order chi connectivity index (χ1) is 12.0. The van der Waals surface area contributed by atoms with Gasteiger partial charge in [0, 0.05) is 13.1 Å². The second kappa shape index (κ2) is 6.52. The van der Waals surface area contributed by atoms with Gasteiger partial charge in [-0.1, -0.05) is 11.6 Å². The number of sulfonamides is 1. The van der Waals surface area contributed by atoms with E-state index in [1.165, 1.54) is 6.07 Å². The fourth-order valence-electron chi connectivity index (χ4n) is 2.72. The molecule has 3 aromatic rings. The smallest absolute Gasteiger partial charge is 0.250 e. The predicted molar refractivity (Wildman–Crippen MR) is 95.6 cm³/mol. The topological polar surface area (TPSA) is 92.5 Å². The van der Waals surface area contributed by atoms with Crippen LogP contribution in [0, 0.1) is 0 Å². The highest BCUT2D eigenvalue weighted by Crippen LogP contribution is 2.25. The first-order valence-electron chi connectivity index (χ1n) is 7.74. The Morgan fingerprint density at radius 1 is 1.16 bits per heavy atom. The molecule has 0 aliphatic carbocycles. The molecule has 0 radical (unpaired) electrons. The van der Waals surface area contributed by atoms with E-state index < -0.39 is 10.0 Å². The Kier molecular flexibility index (Phi) is 4.36. The van der Waals surface area contributed by atoms with Crippen molar-refractivity contribution in [2.24, 2.45) is 0 Å². The lowest BCUT2D eigenvalue weighted by Crippen LogP contribution is -2.24. The van der Waals surface area contributed by atoms with Crippen molar-refractivity contribution >= 4 is 44.4 Å². The largest absolute Gasteiger partial charge is 0.355 e. The summed E-state index contributed by atoms with van der Waals surface area (Å²) in [4.78, 5) is 2.20. The number of thiophene rings is 1. The van der Waals surface area contributed by atoms with Gasteiger partial charge in [0.05, 0.1) is 10.9 Å². The van der Waals surface area contributed by atoms with Crippen LogP contribution in [0.4, 0.5) is 5.82 Å². The number of rotatable bonds is 5. The molecule has 0 atom stereocenters. The Bertz CT molecular complexity index is 1010. The average Bonchev–Trinajstić information content (AvgIpc) is 3.33. The quantitative estimate of drug-likeness (QED) is 0.705. The number of halogens is 1. The number of hydrogen-bond acceptors (Lipinski definition) is 7. The molecule has 132 valence electrons. The summed E-state index contributed by atoms with van der Waals surface area (Å²) in [5, 5.41) is 12.6. The maximum Gasteiger partial charge on any atom is 0.250 e. The lowest BCUT2D eigenvalue weighted by molar-refractivity contribution is 0.580. The zero-order valence-corrected chi connectivity index (χ0v) is 15.5. The fourth-order valence-corrected chi connectivity index (χ4v) is 5.23. The monoisotopic (exact) mass is 398 g/mol. The Balaban J connectivity index is 1.58. The maximum absolute atomic E-state index is 12.3. The molecule has 25 heavy (non-hydrogen) atoms. The SMILES string of the molecule is O=S(=O)(NCc1nnc2ccc(N3CCCC3)nn12)c1ccc(Cl)s1. The summed E-state index contributed by atoms with van der Waals surface area (Å²) in [6, 6.07) is 6.78. The Morgan fingerprint density at radius 2 is 1.96 bits per heavy atom. The van der Waals surface area contributed by atoms with Crippen LogP contribution in [-0.2, 0) is 16.6 Å². The summed E-state index contributed by atoms with van der Waals surface area (Å²) < 4.78 is 29.3. The molecule has 1 fully saturated rings. The van der Waals surface area contributed by atoms with Gasteiger partial charge in [-0.25, -0.2) is 13.1 Å². The predicted octanol–water partition coefficient (Wildman–Crippen LogP) is 1.92. The van der Waals surface area contributed by atoms with Crippen LogP contribution in [0.1, 0.15) is 18.7 Å². The Hall–Kier alpha value is -1.75. The van der Waals surface area contributed by atoms with E-state index in [1.807, 2.05) is 12.1 Å². The first-order valence-corrected chi connectivity index (χ1v) is 10.4. The molecule has 3 aromatic heterocycles. The van der Waals surface area contributed by atoms with Crippen molar-refractivity contribution in [3.8, 4) is 0 Å². The van der Waals surface area contributed by atoms with E-state index in [-0.39, 0.29) is 10.8 Å². The molecular weight excluding hydrogens is 384 g/mol. The molecule has 1 aliphatic heterocycles. The summed E-state index contributed by atoms with van der Waals surface area (Å²) >= 11 is 6.81. The van der Waals surface area contributed by atoms with Crippen LogP contribution in [0.25, 0.3) is 5.65 Å². The normalized spacial score (nSPS) is 15.3. The second-order valence-corrected chi connectivity index (χ2v) is 9.36. The Morgan fingerprint density at radius 3 is 2.68 bits per heavy atom. The van der Waals surface area contributed by atoms with Gasteiger partial charge < -0.3 is 4.90 Å². The number of anilines is 1. The minimum absolute atomic E-state index is 0.00449. The molecule has 0 aromatic carbocycles. The van der Waals surface area contributed by atoms with Gasteiger partial charge in [-0.15, -0.1) is 26.6 Å². The highest BCUT2D eigenvalue weighted by atomic mass is 35.5. The van der Waals surface area contributed by atoms with Crippen molar-refractivity contribution in [3.63, 3.8) is 0 Å². The summed E-state index contributed by atoms with van der Waals surface area (Å²) in [5.41, 5.74) is 0.580. The summed E-state index contributed by atoms with van der Waals surface area (Å²) in [5.74, 6) is 1.28. The number of nitrogens with one attached hydrogen (secondary N) is 1. The number of aromatic nitrogens is 4. The summed E-state index contributed by atoms with van der Waals surface area (Å²) in [6.45, 7) is 1.94. The van der Waals surface area contributed by atoms with Crippen molar-refractivity contribution in [2.45, 2.75) is 23.6 Å². The van der Waals surface area contributed by atoms with Crippen LogP contribution < -0.4 is 9.62 Å². The number of hydrogen-bond donors (Lipinski definition) is 1. The van der Waals surface area contributed by atoms with E-state index in [0.29, 0.717) is 15.8 Å². The third-order valence-electron chi connectivity index (χ3n) is 3.98. The van der Waals surface area contributed by atoms with Gasteiger partial charge in [-0.05, 0) is 37.1 Å². The van der Waals surface area contributed by atoms with E-state index >= 15 is 0 Å². The number of nitrogens with zero attached hydrogens (tertiary/aromatic N) is 5. The molecular formula is C14H15ClN6O2S2. The van der Waals surface area contributed by atoms with Crippen molar-refractivity contribution < 1.29 is 8.42 Å².